The maximum Gasteiger partial charge on any atom is 0.306 e. The second kappa shape index (κ2) is 25.0. The average Bonchev–Trinajstić information content (AvgIpc) is 3.49. The summed E-state index contributed by atoms with van der Waals surface area (Å²) in [5.41, 5.74) is 2.97. The van der Waals surface area contributed by atoms with Gasteiger partial charge in [0.2, 0.25) is 11.8 Å². The van der Waals surface area contributed by atoms with Crippen molar-refractivity contribution in [1.29, 1.82) is 0 Å². The molecule has 0 aliphatic carbocycles. The lowest BCUT2D eigenvalue weighted by Gasteiger charge is -2.26. The van der Waals surface area contributed by atoms with Crippen LogP contribution in [0.1, 0.15) is 153 Å². The highest BCUT2D eigenvalue weighted by atomic mass is 16.6. The molecule has 2 amide bonds. The molecule has 0 spiro atoms. The van der Waals surface area contributed by atoms with Crippen LogP contribution in [0.25, 0.3) is 0 Å². The minimum atomic E-state index is -0.773. The van der Waals surface area contributed by atoms with Crippen molar-refractivity contribution < 1.29 is 42.9 Å². The Kier molecular flexibility index (Phi) is 20.8. The van der Waals surface area contributed by atoms with Crippen molar-refractivity contribution in [2.75, 3.05) is 13.7 Å². The number of hydrogen-bond donors (Lipinski definition) is 1. The van der Waals surface area contributed by atoms with Crippen LogP contribution in [-0.2, 0) is 44.7 Å². The van der Waals surface area contributed by atoms with Crippen LogP contribution >= 0.6 is 0 Å². The van der Waals surface area contributed by atoms with Crippen molar-refractivity contribution >= 4 is 23.8 Å². The van der Waals surface area contributed by atoms with Gasteiger partial charge in [0.25, 0.3) is 0 Å². The Morgan fingerprint density at radius 3 is 1.92 bits per heavy atom. The summed E-state index contributed by atoms with van der Waals surface area (Å²) in [4.78, 5) is 49.4. The molecule has 10 heteroatoms. The highest BCUT2D eigenvalue weighted by molar-refractivity contribution is 6.05. The first-order valence-corrected chi connectivity index (χ1v) is 20.5. The zero-order chi connectivity index (χ0) is 38.4. The SMILES string of the molecule is CCCCCCCCCCCCCCCCCCOc1cc(COC(=O)CCC(=O)OC2C(CC)OC(C3C=CC(=O)NC3=O)C2OC)cc(C)c1C. The Balaban J connectivity index is 1.30. The van der Waals surface area contributed by atoms with Crippen molar-refractivity contribution in [1.82, 2.24) is 5.32 Å². The fraction of sp³-hybridized carbons (Fsp3) is 0.721. The van der Waals surface area contributed by atoms with E-state index in [-0.39, 0.29) is 19.4 Å². The summed E-state index contributed by atoms with van der Waals surface area (Å²) in [6.07, 6.45) is 21.5. The number of rotatable bonds is 27. The smallest absolute Gasteiger partial charge is 0.306 e. The van der Waals surface area contributed by atoms with Crippen LogP contribution in [0.4, 0.5) is 0 Å². The molecule has 1 aromatic carbocycles. The number of benzene rings is 1. The second-order valence-electron chi connectivity index (χ2n) is 14.8. The first-order valence-electron chi connectivity index (χ1n) is 20.5. The van der Waals surface area contributed by atoms with Gasteiger partial charge in [0, 0.05) is 13.2 Å². The minimum absolute atomic E-state index is 0.0751. The lowest BCUT2D eigenvalue weighted by molar-refractivity contribution is -0.159. The van der Waals surface area contributed by atoms with Gasteiger partial charge in [0.15, 0.2) is 6.10 Å². The zero-order valence-corrected chi connectivity index (χ0v) is 33.2. The summed E-state index contributed by atoms with van der Waals surface area (Å²) >= 11 is 0. The normalized spacial score (nSPS) is 21.1. The van der Waals surface area contributed by atoms with E-state index in [0.29, 0.717) is 13.0 Å². The molecule has 1 aromatic rings. The Morgan fingerprint density at radius 2 is 1.36 bits per heavy atom. The molecule has 53 heavy (non-hydrogen) atoms. The predicted octanol–water partition coefficient (Wildman–Crippen LogP) is 8.70. The van der Waals surface area contributed by atoms with Crippen LogP contribution in [0.2, 0.25) is 0 Å². The molecule has 1 saturated heterocycles. The molecule has 5 unspecified atom stereocenters. The Bertz CT molecular complexity index is 1310. The van der Waals surface area contributed by atoms with E-state index >= 15 is 0 Å². The van der Waals surface area contributed by atoms with E-state index < -0.39 is 54.1 Å². The van der Waals surface area contributed by atoms with E-state index in [1.54, 1.807) is 0 Å². The van der Waals surface area contributed by atoms with Crippen molar-refractivity contribution in [2.24, 2.45) is 5.92 Å². The molecule has 2 aliphatic rings. The zero-order valence-electron chi connectivity index (χ0n) is 33.2. The maximum absolute atomic E-state index is 12.8. The van der Waals surface area contributed by atoms with E-state index in [4.69, 9.17) is 23.7 Å². The number of imide groups is 1. The van der Waals surface area contributed by atoms with Crippen molar-refractivity contribution in [3.8, 4) is 5.75 Å². The molecule has 10 nitrogen and oxygen atoms in total. The van der Waals surface area contributed by atoms with E-state index in [1.165, 1.54) is 109 Å². The number of esters is 2. The Labute approximate surface area is 318 Å². The van der Waals surface area contributed by atoms with Gasteiger partial charge in [-0.05, 0) is 49.4 Å². The monoisotopic (exact) mass is 741 g/mol. The van der Waals surface area contributed by atoms with Gasteiger partial charge < -0.3 is 23.7 Å². The molecule has 3 rings (SSSR count). The highest BCUT2D eigenvalue weighted by Crippen LogP contribution is 2.34. The van der Waals surface area contributed by atoms with Crippen LogP contribution in [0.15, 0.2) is 24.3 Å². The summed E-state index contributed by atoms with van der Waals surface area (Å²) in [6, 6.07) is 3.92. The van der Waals surface area contributed by atoms with Crippen molar-refractivity contribution in [2.45, 2.75) is 181 Å². The van der Waals surface area contributed by atoms with Gasteiger partial charge in [-0.15, -0.1) is 0 Å². The fourth-order valence-electron chi connectivity index (χ4n) is 7.18. The quantitative estimate of drug-likeness (QED) is 0.0535. The maximum atomic E-state index is 12.8. The van der Waals surface area contributed by atoms with Gasteiger partial charge in [-0.3, -0.25) is 24.5 Å². The predicted molar refractivity (Wildman–Crippen MR) is 205 cm³/mol. The number of aryl methyl sites for hydroxylation is 1. The molecule has 1 N–H and O–H groups in total. The summed E-state index contributed by atoms with van der Waals surface area (Å²) < 4.78 is 29.1. The summed E-state index contributed by atoms with van der Waals surface area (Å²) in [5, 5.41) is 2.27. The molecule has 0 radical (unpaired) electrons. The van der Waals surface area contributed by atoms with Gasteiger partial charge in [-0.1, -0.05) is 122 Å². The molecule has 5 atom stereocenters. The Hall–Kier alpha value is -3.24. The summed E-state index contributed by atoms with van der Waals surface area (Å²) in [7, 11) is 1.46. The first kappa shape index (κ1) is 44.2. The van der Waals surface area contributed by atoms with Crippen LogP contribution in [0.5, 0.6) is 5.75 Å². The molecule has 0 aromatic heterocycles. The highest BCUT2D eigenvalue weighted by Gasteiger charge is 2.51. The van der Waals surface area contributed by atoms with E-state index in [9.17, 15) is 19.2 Å². The standard InChI is InChI=1S/C43H67NO9/c1-6-8-9-10-11-12-13-14-15-16-17-18-19-20-21-22-27-50-36-29-33(28-31(3)32(36)4)30-51-38(46)25-26-39(47)53-41-35(7-2)52-40(42(41)49-5)34-23-24-37(45)44-43(34)48/h23-24,28-29,34-35,40-42H,6-22,25-27,30H2,1-5H3,(H,44,45,48). The molecule has 2 heterocycles. The number of carbonyl (C=O) groups excluding carboxylic acids is 4. The van der Waals surface area contributed by atoms with Gasteiger partial charge in [0.05, 0.1) is 31.5 Å². The third-order valence-electron chi connectivity index (χ3n) is 10.5. The molecule has 2 aliphatic heterocycles. The largest absolute Gasteiger partial charge is 0.493 e. The number of amides is 2. The van der Waals surface area contributed by atoms with E-state index in [1.807, 2.05) is 32.9 Å². The number of methoxy groups -OCH3 is 1. The topological polar surface area (TPSA) is 126 Å². The van der Waals surface area contributed by atoms with Crippen molar-refractivity contribution in [3.05, 3.63) is 41.0 Å². The summed E-state index contributed by atoms with van der Waals surface area (Å²) in [5.74, 6) is -2.05. The molecule has 1 fully saturated rings. The third kappa shape index (κ3) is 15.6. The number of unbranched alkanes of at least 4 members (excludes halogenated alkanes) is 15. The number of nitrogens with one attached hydrogen (secondary N) is 1. The number of carbonyl (C=O) groups is 4. The van der Waals surface area contributed by atoms with Crippen LogP contribution in [0, 0.1) is 19.8 Å². The van der Waals surface area contributed by atoms with Crippen LogP contribution in [0.3, 0.4) is 0 Å². The molecular formula is C43H67NO9. The lowest BCUT2D eigenvalue weighted by atomic mass is 9.92. The van der Waals surface area contributed by atoms with E-state index in [0.717, 1.165) is 35.3 Å². The summed E-state index contributed by atoms with van der Waals surface area (Å²) in [6.45, 7) is 8.94. The fourth-order valence-corrected chi connectivity index (χ4v) is 7.18. The van der Waals surface area contributed by atoms with Crippen LogP contribution in [-0.4, -0.2) is 61.9 Å². The van der Waals surface area contributed by atoms with Crippen molar-refractivity contribution in [3.63, 3.8) is 0 Å². The minimum Gasteiger partial charge on any atom is -0.493 e. The van der Waals surface area contributed by atoms with Gasteiger partial charge in [0.1, 0.15) is 24.6 Å². The number of ether oxygens (including phenoxy) is 5. The third-order valence-corrected chi connectivity index (χ3v) is 10.5. The van der Waals surface area contributed by atoms with Gasteiger partial charge >= 0.3 is 11.9 Å². The van der Waals surface area contributed by atoms with Gasteiger partial charge in [-0.2, -0.15) is 0 Å². The number of hydrogen-bond acceptors (Lipinski definition) is 9. The first-order chi connectivity index (χ1) is 25.7. The molecule has 298 valence electrons. The molecular weight excluding hydrogens is 674 g/mol. The van der Waals surface area contributed by atoms with Crippen LogP contribution < -0.4 is 10.1 Å². The second-order valence-corrected chi connectivity index (χ2v) is 14.8. The van der Waals surface area contributed by atoms with E-state index in [2.05, 4.69) is 12.2 Å². The molecule has 0 saturated carbocycles. The average molecular weight is 742 g/mol. The Morgan fingerprint density at radius 1 is 0.774 bits per heavy atom. The lowest BCUT2D eigenvalue weighted by Crippen LogP contribution is -2.47. The molecule has 0 bridgehead atoms. The van der Waals surface area contributed by atoms with Gasteiger partial charge in [-0.25, -0.2) is 0 Å².